The Balaban J connectivity index is 2.29. The monoisotopic (exact) mass is 248 g/mol. The SMILES string of the molecule is COc1cccc(N2CC(C)(C)NCC2C=O)c1. The molecule has 1 heterocycles. The third-order valence-electron chi connectivity index (χ3n) is 3.30. The average Bonchev–Trinajstić information content (AvgIpc) is 2.38. The third-order valence-corrected chi connectivity index (χ3v) is 3.30. The molecule has 1 unspecified atom stereocenters. The molecule has 1 fully saturated rings. The van der Waals surface area contributed by atoms with Crippen molar-refractivity contribution >= 4 is 12.0 Å². The van der Waals surface area contributed by atoms with Gasteiger partial charge in [0.05, 0.1) is 13.2 Å². The summed E-state index contributed by atoms with van der Waals surface area (Å²) in [6.45, 7) is 5.75. The van der Waals surface area contributed by atoms with Gasteiger partial charge in [-0.25, -0.2) is 0 Å². The van der Waals surface area contributed by atoms with Crippen molar-refractivity contribution in [2.24, 2.45) is 0 Å². The summed E-state index contributed by atoms with van der Waals surface area (Å²) in [5, 5.41) is 3.38. The summed E-state index contributed by atoms with van der Waals surface area (Å²) in [4.78, 5) is 13.3. The summed E-state index contributed by atoms with van der Waals surface area (Å²) in [5.74, 6) is 0.813. The van der Waals surface area contributed by atoms with Crippen LogP contribution in [0.25, 0.3) is 0 Å². The molecule has 4 heteroatoms. The van der Waals surface area contributed by atoms with Gasteiger partial charge in [0.1, 0.15) is 12.0 Å². The van der Waals surface area contributed by atoms with Crippen molar-refractivity contribution in [3.05, 3.63) is 24.3 Å². The first kappa shape index (κ1) is 12.9. The maximum absolute atomic E-state index is 11.2. The number of benzene rings is 1. The molecule has 4 nitrogen and oxygen atoms in total. The Kier molecular flexibility index (Phi) is 3.57. The summed E-state index contributed by atoms with van der Waals surface area (Å²) >= 11 is 0. The van der Waals surface area contributed by atoms with E-state index in [0.29, 0.717) is 6.54 Å². The van der Waals surface area contributed by atoms with Crippen LogP contribution in [0.5, 0.6) is 5.75 Å². The standard InChI is InChI=1S/C14H20N2O2/c1-14(2)10-16(12(9-17)8-15-14)11-5-4-6-13(7-11)18-3/h4-7,9,12,15H,8,10H2,1-3H3. The Morgan fingerprint density at radius 3 is 2.94 bits per heavy atom. The first-order chi connectivity index (χ1) is 8.55. The molecule has 0 spiro atoms. The molecule has 0 bridgehead atoms. The van der Waals surface area contributed by atoms with Gasteiger partial charge in [0.15, 0.2) is 0 Å². The minimum Gasteiger partial charge on any atom is -0.497 e. The fourth-order valence-electron chi connectivity index (χ4n) is 2.28. The van der Waals surface area contributed by atoms with Crippen LogP contribution >= 0.6 is 0 Å². The number of carbonyl (C=O) groups is 1. The zero-order valence-electron chi connectivity index (χ0n) is 11.1. The number of ether oxygens (including phenoxy) is 1. The Bertz CT molecular complexity index is 432. The van der Waals surface area contributed by atoms with Crippen LogP contribution in [0.1, 0.15) is 13.8 Å². The highest BCUT2D eigenvalue weighted by atomic mass is 16.5. The van der Waals surface area contributed by atoms with Crippen molar-refractivity contribution in [3.8, 4) is 5.75 Å². The predicted molar refractivity (Wildman–Crippen MR) is 72.3 cm³/mol. The van der Waals surface area contributed by atoms with Crippen LogP contribution in [0, 0.1) is 0 Å². The third kappa shape index (κ3) is 2.64. The lowest BCUT2D eigenvalue weighted by atomic mass is 9.98. The molecule has 1 aromatic rings. The van der Waals surface area contributed by atoms with Crippen LogP contribution in [0.15, 0.2) is 24.3 Å². The maximum Gasteiger partial charge on any atom is 0.143 e. The molecule has 0 radical (unpaired) electrons. The van der Waals surface area contributed by atoms with Crippen LogP contribution in [0.4, 0.5) is 5.69 Å². The molecule has 1 atom stereocenters. The zero-order chi connectivity index (χ0) is 13.2. The molecule has 2 rings (SSSR count). The van der Waals surface area contributed by atoms with Gasteiger partial charge in [-0.05, 0) is 26.0 Å². The Hall–Kier alpha value is -1.55. The molecule has 98 valence electrons. The predicted octanol–water partition coefficient (Wildman–Crippen LogP) is 1.45. The second kappa shape index (κ2) is 4.98. The van der Waals surface area contributed by atoms with Crippen LogP contribution < -0.4 is 15.0 Å². The largest absolute Gasteiger partial charge is 0.497 e. The normalized spacial score (nSPS) is 22.6. The molecule has 0 saturated carbocycles. The van der Waals surface area contributed by atoms with Gasteiger partial charge in [0.2, 0.25) is 0 Å². The average molecular weight is 248 g/mol. The van der Waals surface area contributed by atoms with E-state index in [2.05, 4.69) is 24.1 Å². The summed E-state index contributed by atoms with van der Waals surface area (Å²) in [6.07, 6.45) is 1.00. The van der Waals surface area contributed by atoms with E-state index in [1.807, 2.05) is 24.3 Å². The van der Waals surface area contributed by atoms with Crippen molar-refractivity contribution in [1.29, 1.82) is 0 Å². The highest BCUT2D eigenvalue weighted by molar-refractivity contribution is 5.68. The molecule has 0 aromatic heterocycles. The number of anilines is 1. The molecule has 1 aliphatic rings. The van der Waals surface area contributed by atoms with E-state index in [1.54, 1.807) is 7.11 Å². The van der Waals surface area contributed by atoms with E-state index >= 15 is 0 Å². The van der Waals surface area contributed by atoms with Crippen LogP contribution in [0.3, 0.4) is 0 Å². The van der Waals surface area contributed by atoms with Gasteiger partial charge in [-0.3, -0.25) is 0 Å². The fourth-order valence-corrected chi connectivity index (χ4v) is 2.28. The number of nitrogens with zero attached hydrogens (tertiary/aromatic N) is 1. The first-order valence-electron chi connectivity index (χ1n) is 6.17. The molecular weight excluding hydrogens is 228 g/mol. The van der Waals surface area contributed by atoms with E-state index in [4.69, 9.17) is 4.74 Å². The van der Waals surface area contributed by atoms with Gasteiger partial charge >= 0.3 is 0 Å². The number of rotatable bonds is 3. The van der Waals surface area contributed by atoms with Crippen LogP contribution in [-0.4, -0.2) is 38.1 Å². The van der Waals surface area contributed by atoms with Crippen molar-refractivity contribution in [3.63, 3.8) is 0 Å². The molecule has 1 aliphatic heterocycles. The number of aldehydes is 1. The highest BCUT2D eigenvalue weighted by Crippen LogP contribution is 2.26. The molecule has 18 heavy (non-hydrogen) atoms. The minimum absolute atomic E-state index is 0.00257. The van der Waals surface area contributed by atoms with Gasteiger partial charge in [0, 0.05) is 30.4 Å². The summed E-state index contributed by atoms with van der Waals surface area (Å²) in [6, 6.07) is 7.72. The van der Waals surface area contributed by atoms with Crippen LogP contribution in [-0.2, 0) is 4.79 Å². The van der Waals surface area contributed by atoms with Crippen molar-refractivity contribution < 1.29 is 9.53 Å². The van der Waals surface area contributed by atoms with Gasteiger partial charge in [-0.2, -0.15) is 0 Å². The van der Waals surface area contributed by atoms with Crippen molar-refractivity contribution in [2.75, 3.05) is 25.1 Å². The van der Waals surface area contributed by atoms with Crippen molar-refractivity contribution in [1.82, 2.24) is 5.32 Å². The number of hydrogen-bond acceptors (Lipinski definition) is 4. The van der Waals surface area contributed by atoms with Crippen LogP contribution in [0.2, 0.25) is 0 Å². The molecular formula is C14H20N2O2. The lowest BCUT2D eigenvalue weighted by Gasteiger charge is -2.44. The number of methoxy groups -OCH3 is 1. The minimum atomic E-state index is -0.120. The van der Waals surface area contributed by atoms with E-state index < -0.39 is 0 Å². The second-order valence-corrected chi connectivity index (χ2v) is 5.30. The molecule has 1 saturated heterocycles. The van der Waals surface area contributed by atoms with Gasteiger partial charge in [-0.15, -0.1) is 0 Å². The maximum atomic E-state index is 11.2. The second-order valence-electron chi connectivity index (χ2n) is 5.30. The fraction of sp³-hybridized carbons (Fsp3) is 0.500. The van der Waals surface area contributed by atoms with Gasteiger partial charge in [0.25, 0.3) is 0 Å². The summed E-state index contributed by atoms with van der Waals surface area (Å²) in [5.41, 5.74) is 1.03. The van der Waals surface area contributed by atoms with E-state index in [1.165, 1.54) is 0 Å². The number of nitrogens with one attached hydrogen (secondary N) is 1. The molecule has 1 aromatic carbocycles. The van der Waals surface area contributed by atoms with E-state index in [9.17, 15) is 4.79 Å². The highest BCUT2D eigenvalue weighted by Gasteiger charge is 2.32. The topological polar surface area (TPSA) is 41.6 Å². The van der Waals surface area contributed by atoms with Crippen molar-refractivity contribution in [2.45, 2.75) is 25.4 Å². The Morgan fingerprint density at radius 1 is 1.50 bits per heavy atom. The lowest BCUT2D eigenvalue weighted by molar-refractivity contribution is -0.109. The smallest absolute Gasteiger partial charge is 0.143 e. The quantitative estimate of drug-likeness (QED) is 0.822. The zero-order valence-corrected chi connectivity index (χ0v) is 11.1. The lowest BCUT2D eigenvalue weighted by Crippen LogP contribution is -2.62. The molecule has 0 aliphatic carbocycles. The molecule has 1 N–H and O–H groups in total. The van der Waals surface area contributed by atoms with Gasteiger partial charge in [-0.1, -0.05) is 6.07 Å². The summed E-state index contributed by atoms with van der Waals surface area (Å²) in [7, 11) is 1.65. The number of carbonyl (C=O) groups excluding carboxylic acids is 1. The Morgan fingerprint density at radius 2 is 2.28 bits per heavy atom. The number of hydrogen-bond donors (Lipinski definition) is 1. The van der Waals surface area contributed by atoms with E-state index in [0.717, 1.165) is 24.3 Å². The van der Waals surface area contributed by atoms with Gasteiger partial charge < -0.3 is 19.7 Å². The Labute approximate surface area is 108 Å². The number of piperazine rings is 1. The summed E-state index contributed by atoms with van der Waals surface area (Å²) < 4.78 is 5.24. The molecule has 0 amide bonds. The van der Waals surface area contributed by atoms with E-state index in [-0.39, 0.29) is 11.6 Å². The first-order valence-corrected chi connectivity index (χ1v) is 6.17.